The van der Waals surface area contributed by atoms with E-state index in [-0.39, 0.29) is 24.0 Å². The molecular weight excluding hydrogens is 310 g/mol. The van der Waals surface area contributed by atoms with Crippen LogP contribution in [0, 0.1) is 6.92 Å². The molecule has 0 aliphatic carbocycles. The van der Waals surface area contributed by atoms with Crippen LogP contribution < -0.4 is 15.2 Å². The minimum absolute atomic E-state index is 0.218. The number of fused-ring (bicyclic) bond motifs is 1. The van der Waals surface area contributed by atoms with Crippen molar-refractivity contribution in [2.24, 2.45) is 0 Å². The molecule has 0 amide bonds. The lowest BCUT2D eigenvalue weighted by atomic mass is 9.86. The zero-order chi connectivity index (χ0) is 17.4. The quantitative estimate of drug-likeness (QED) is 0.673. The molecular formula is C18H19NO5. The molecule has 0 bridgehead atoms. The lowest BCUT2D eigenvalue weighted by molar-refractivity contribution is -0.716. The maximum Gasteiger partial charge on any atom is 0.157 e. The van der Waals surface area contributed by atoms with Crippen LogP contribution in [0.5, 0.6) is 17.2 Å². The van der Waals surface area contributed by atoms with Gasteiger partial charge in [0.1, 0.15) is 17.8 Å². The predicted octanol–water partition coefficient (Wildman–Crippen LogP) is -0.258. The van der Waals surface area contributed by atoms with Gasteiger partial charge in [-0.15, -0.1) is 0 Å². The van der Waals surface area contributed by atoms with Gasteiger partial charge in [0.25, 0.3) is 0 Å². The van der Waals surface area contributed by atoms with Crippen molar-refractivity contribution in [1.82, 2.24) is 0 Å². The number of nitrogens with two attached hydrogens (primary N) is 1. The van der Waals surface area contributed by atoms with E-state index in [0.29, 0.717) is 5.56 Å². The second kappa shape index (κ2) is 6.05. The lowest BCUT2D eigenvalue weighted by Gasteiger charge is -2.31. The number of phenols is 2. The summed E-state index contributed by atoms with van der Waals surface area (Å²) in [7, 11) is 1.59. The molecule has 2 aromatic rings. The first-order valence-electron chi connectivity index (χ1n) is 7.66. The number of hydrogen-bond donors (Lipinski definition) is 3. The molecule has 6 heteroatoms. The first kappa shape index (κ1) is 16.1. The number of hydrogen-bond acceptors (Lipinski definition) is 5. The average molecular weight is 329 g/mol. The van der Waals surface area contributed by atoms with Crippen molar-refractivity contribution in [2.75, 3.05) is 7.11 Å². The average Bonchev–Trinajstić information content (AvgIpc) is 2.55. The van der Waals surface area contributed by atoms with Crippen LogP contribution in [0.4, 0.5) is 0 Å². The minimum atomic E-state index is -1.15. The molecule has 3 rings (SSSR count). The van der Waals surface area contributed by atoms with Crippen LogP contribution in [0.2, 0.25) is 0 Å². The highest BCUT2D eigenvalue weighted by atomic mass is 16.5. The Hall–Kier alpha value is -2.73. The van der Waals surface area contributed by atoms with Gasteiger partial charge in [-0.2, -0.15) is 0 Å². The fourth-order valence-corrected chi connectivity index (χ4v) is 3.29. The van der Waals surface area contributed by atoms with Crippen molar-refractivity contribution in [3.63, 3.8) is 0 Å². The third-order valence-corrected chi connectivity index (χ3v) is 4.52. The highest BCUT2D eigenvalue weighted by Gasteiger charge is 2.33. The lowest BCUT2D eigenvalue weighted by Crippen LogP contribution is -2.95. The van der Waals surface area contributed by atoms with Crippen LogP contribution >= 0.6 is 0 Å². The van der Waals surface area contributed by atoms with Crippen LogP contribution in [-0.4, -0.2) is 29.3 Å². The number of carbonyl (C=O) groups excluding carboxylic acids is 1. The molecule has 126 valence electrons. The largest absolute Gasteiger partial charge is 0.544 e. The first-order chi connectivity index (χ1) is 11.4. The Balaban J connectivity index is 2.11. The summed E-state index contributed by atoms with van der Waals surface area (Å²) in [5.41, 5.74) is 3.31. The van der Waals surface area contributed by atoms with Gasteiger partial charge >= 0.3 is 0 Å². The number of aromatic hydroxyl groups is 2. The van der Waals surface area contributed by atoms with Crippen LogP contribution in [0.15, 0.2) is 30.3 Å². The Morgan fingerprint density at radius 1 is 1.25 bits per heavy atom. The van der Waals surface area contributed by atoms with Crippen LogP contribution in [-0.2, 0) is 11.2 Å². The summed E-state index contributed by atoms with van der Waals surface area (Å²) in [6.45, 7) is 1.91. The van der Waals surface area contributed by atoms with E-state index in [1.54, 1.807) is 12.4 Å². The predicted molar refractivity (Wildman–Crippen MR) is 83.8 cm³/mol. The Bertz CT molecular complexity index is 802. The second-order valence-corrected chi connectivity index (χ2v) is 6.07. The molecule has 1 heterocycles. The molecule has 0 radical (unpaired) electrons. The molecule has 2 aromatic carbocycles. The van der Waals surface area contributed by atoms with E-state index in [0.717, 1.165) is 22.4 Å². The van der Waals surface area contributed by atoms with Crippen LogP contribution in [0.3, 0.4) is 0 Å². The number of carboxylic acid groups (broad SMARTS) is 1. The van der Waals surface area contributed by atoms with Crippen molar-refractivity contribution >= 4 is 5.97 Å². The molecule has 4 N–H and O–H groups in total. The van der Waals surface area contributed by atoms with Crippen molar-refractivity contribution in [3.8, 4) is 17.2 Å². The number of ether oxygens (including phenoxy) is 1. The number of carboxylic acids is 1. The van der Waals surface area contributed by atoms with E-state index < -0.39 is 12.0 Å². The molecule has 0 spiro atoms. The van der Waals surface area contributed by atoms with Crippen molar-refractivity contribution < 1.29 is 30.2 Å². The van der Waals surface area contributed by atoms with Crippen LogP contribution in [0.25, 0.3) is 0 Å². The van der Waals surface area contributed by atoms with E-state index >= 15 is 0 Å². The standard InChI is InChI=1S/C18H19NO5/c1-9-5-10(3-4-16(9)24-2)17-12-8-15(21)14(20)7-11(12)6-13(19-17)18(22)23/h3-5,7-8,13,17,19-21H,6H2,1-2H3,(H,22,23)/t13-,17-/m0/s1. The number of aliphatic carboxylic acids is 1. The van der Waals surface area contributed by atoms with Crippen molar-refractivity contribution in [2.45, 2.75) is 25.4 Å². The zero-order valence-corrected chi connectivity index (χ0v) is 13.4. The molecule has 0 saturated heterocycles. The number of phenolic OH excluding ortho intramolecular Hbond substituents is 2. The molecule has 0 aromatic heterocycles. The van der Waals surface area contributed by atoms with E-state index in [1.807, 2.05) is 25.1 Å². The summed E-state index contributed by atoms with van der Waals surface area (Å²) in [6.07, 6.45) is 0.233. The minimum Gasteiger partial charge on any atom is -0.544 e. The Morgan fingerprint density at radius 2 is 1.96 bits per heavy atom. The first-order valence-corrected chi connectivity index (χ1v) is 7.66. The maximum atomic E-state index is 11.4. The van der Waals surface area contributed by atoms with Gasteiger partial charge in [0.2, 0.25) is 0 Å². The van der Waals surface area contributed by atoms with Gasteiger partial charge in [-0.05, 0) is 48.4 Å². The van der Waals surface area contributed by atoms with Gasteiger partial charge in [0.15, 0.2) is 11.5 Å². The maximum absolute atomic E-state index is 11.4. The Morgan fingerprint density at radius 3 is 2.58 bits per heavy atom. The molecule has 1 aliphatic rings. The van der Waals surface area contributed by atoms with Crippen molar-refractivity contribution in [3.05, 3.63) is 52.6 Å². The number of carbonyl (C=O) groups is 1. The van der Waals surface area contributed by atoms with E-state index in [4.69, 9.17) is 4.74 Å². The number of benzene rings is 2. The van der Waals surface area contributed by atoms with E-state index in [9.17, 15) is 20.1 Å². The summed E-state index contributed by atoms with van der Waals surface area (Å²) < 4.78 is 5.26. The summed E-state index contributed by atoms with van der Waals surface area (Å²) in [6, 6.07) is 7.50. The molecule has 6 nitrogen and oxygen atoms in total. The topological polar surface area (TPSA) is 106 Å². The SMILES string of the molecule is COc1ccc([C@@H]2[NH2+][C@H](C(=O)[O-])Cc3cc(O)c(O)cc32)cc1C. The fourth-order valence-electron chi connectivity index (χ4n) is 3.29. The molecule has 1 aliphatic heterocycles. The van der Waals surface area contributed by atoms with E-state index in [1.165, 1.54) is 12.1 Å². The highest BCUT2D eigenvalue weighted by molar-refractivity contribution is 5.70. The zero-order valence-electron chi connectivity index (χ0n) is 13.4. The molecule has 0 unspecified atom stereocenters. The summed E-state index contributed by atoms with van der Waals surface area (Å²) in [5.74, 6) is -0.870. The summed E-state index contributed by atoms with van der Waals surface area (Å²) >= 11 is 0. The van der Waals surface area contributed by atoms with Gasteiger partial charge in [0.05, 0.1) is 13.1 Å². The van der Waals surface area contributed by atoms with Crippen LogP contribution in [0.1, 0.15) is 28.3 Å². The number of rotatable bonds is 3. The summed E-state index contributed by atoms with van der Waals surface area (Å²) in [5, 5.41) is 32.7. The van der Waals surface area contributed by atoms with E-state index in [2.05, 4.69) is 0 Å². The number of quaternary nitrogens is 1. The second-order valence-electron chi connectivity index (χ2n) is 6.07. The normalized spacial score (nSPS) is 19.6. The molecule has 2 atom stereocenters. The third-order valence-electron chi connectivity index (χ3n) is 4.52. The monoisotopic (exact) mass is 329 g/mol. The number of methoxy groups -OCH3 is 1. The van der Waals surface area contributed by atoms with Gasteiger partial charge in [-0.25, -0.2) is 0 Å². The smallest absolute Gasteiger partial charge is 0.157 e. The molecule has 0 saturated carbocycles. The van der Waals surface area contributed by atoms with Gasteiger partial charge in [-0.3, -0.25) is 0 Å². The number of aryl methyl sites for hydroxylation is 1. The van der Waals surface area contributed by atoms with Gasteiger partial charge in [0, 0.05) is 17.5 Å². The van der Waals surface area contributed by atoms with Gasteiger partial charge in [-0.1, -0.05) is 0 Å². The summed E-state index contributed by atoms with van der Waals surface area (Å²) in [4.78, 5) is 11.4. The molecule has 0 fully saturated rings. The van der Waals surface area contributed by atoms with Crippen molar-refractivity contribution in [1.29, 1.82) is 0 Å². The third kappa shape index (κ3) is 2.76. The Kier molecular flexibility index (Phi) is 4.07. The van der Waals surface area contributed by atoms with Gasteiger partial charge < -0.3 is 30.2 Å². The Labute approximate surface area is 139 Å². The molecule has 24 heavy (non-hydrogen) atoms. The highest BCUT2D eigenvalue weighted by Crippen LogP contribution is 2.35. The fraction of sp³-hybridized carbons (Fsp3) is 0.278.